The molecule has 0 aliphatic rings. The monoisotopic (exact) mass is 288 g/mol. The molecular weight excluding hydrogens is 268 g/mol. The van der Waals surface area contributed by atoms with Gasteiger partial charge in [-0.1, -0.05) is 45.0 Å². The number of nitrogen functional groups attached to an aromatic ring is 1. The lowest BCUT2D eigenvalue weighted by atomic mass is 9.91. The maximum Gasteiger partial charge on any atom is 0.334 e. The minimum Gasteiger partial charge on any atom is -0.378 e. The van der Waals surface area contributed by atoms with Crippen LogP contribution < -0.4 is 5.73 Å². The van der Waals surface area contributed by atoms with Crippen molar-refractivity contribution in [3.8, 4) is 0 Å². The van der Waals surface area contributed by atoms with Crippen molar-refractivity contribution in [1.29, 1.82) is 0 Å². The maximum absolute atomic E-state index is 11.3. The van der Waals surface area contributed by atoms with E-state index in [1.807, 2.05) is 52.0 Å². The molecule has 0 aliphatic heterocycles. The largest absolute Gasteiger partial charge is 0.378 e. The Kier molecular flexibility index (Phi) is 3.72. The lowest BCUT2D eigenvalue weighted by Crippen LogP contribution is -2.15. The van der Waals surface area contributed by atoms with E-state index in [0.29, 0.717) is 12.2 Å². The summed E-state index contributed by atoms with van der Waals surface area (Å²) in [4.78, 5) is 10.8. The number of nitrogens with two attached hydrogens (primary N) is 1. The summed E-state index contributed by atoms with van der Waals surface area (Å²) in [5.74, 6) is 0.105. The number of anilines is 1. The molecule has 0 fully saturated rings. The SMILES string of the molecule is Cc1ccccc1Cn1nc(C(C)(C)C)c([N+](=O)[O-])c1N. The summed E-state index contributed by atoms with van der Waals surface area (Å²) in [6.45, 7) is 8.09. The molecule has 2 N–H and O–H groups in total. The summed E-state index contributed by atoms with van der Waals surface area (Å²) < 4.78 is 1.51. The summed E-state index contributed by atoms with van der Waals surface area (Å²) in [6, 6.07) is 7.85. The van der Waals surface area contributed by atoms with E-state index in [-0.39, 0.29) is 11.5 Å². The molecule has 0 atom stereocenters. The predicted molar refractivity (Wildman–Crippen MR) is 82.3 cm³/mol. The Labute approximate surface area is 123 Å². The van der Waals surface area contributed by atoms with Gasteiger partial charge >= 0.3 is 5.69 Å². The van der Waals surface area contributed by atoms with E-state index >= 15 is 0 Å². The topological polar surface area (TPSA) is 87.0 Å². The average Bonchev–Trinajstić information content (AvgIpc) is 2.70. The standard InChI is InChI=1S/C15H20N4O2/c1-10-7-5-6-8-11(10)9-18-14(16)12(19(20)21)13(17-18)15(2,3)4/h5-8H,9,16H2,1-4H3. The molecule has 0 spiro atoms. The van der Waals surface area contributed by atoms with Gasteiger partial charge in [0.2, 0.25) is 5.82 Å². The van der Waals surface area contributed by atoms with Crippen molar-refractivity contribution in [3.63, 3.8) is 0 Å². The molecule has 0 aliphatic carbocycles. The van der Waals surface area contributed by atoms with Gasteiger partial charge in [0.25, 0.3) is 0 Å². The van der Waals surface area contributed by atoms with Crippen molar-refractivity contribution < 1.29 is 4.92 Å². The molecule has 1 aromatic heterocycles. The molecule has 1 heterocycles. The summed E-state index contributed by atoms with van der Waals surface area (Å²) in [6.07, 6.45) is 0. The van der Waals surface area contributed by atoms with Gasteiger partial charge in [-0.05, 0) is 18.1 Å². The Bertz CT molecular complexity index is 683. The van der Waals surface area contributed by atoms with Gasteiger partial charge in [-0.15, -0.1) is 0 Å². The van der Waals surface area contributed by atoms with E-state index in [1.165, 1.54) is 4.68 Å². The first-order chi connectivity index (χ1) is 9.71. The molecule has 0 amide bonds. The Balaban J connectivity index is 2.51. The Morgan fingerprint density at radius 1 is 1.33 bits per heavy atom. The fraction of sp³-hybridized carbons (Fsp3) is 0.400. The van der Waals surface area contributed by atoms with Crippen LogP contribution in [0, 0.1) is 17.0 Å². The first-order valence-corrected chi connectivity index (χ1v) is 6.77. The third-order valence-electron chi connectivity index (χ3n) is 3.44. The Hall–Kier alpha value is -2.37. The molecule has 1 aromatic carbocycles. The van der Waals surface area contributed by atoms with Gasteiger partial charge in [0.15, 0.2) is 0 Å². The quantitative estimate of drug-likeness (QED) is 0.694. The zero-order chi connectivity index (χ0) is 15.8. The molecule has 21 heavy (non-hydrogen) atoms. The second-order valence-corrected chi connectivity index (χ2v) is 6.17. The third kappa shape index (κ3) is 2.89. The van der Waals surface area contributed by atoms with Gasteiger partial charge in [-0.25, -0.2) is 4.68 Å². The zero-order valence-corrected chi connectivity index (χ0v) is 12.8. The summed E-state index contributed by atoms with van der Waals surface area (Å²) in [5, 5.41) is 15.7. The van der Waals surface area contributed by atoms with Crippen molar-refractivity contribution in [2.75, 3.05) is 5.73 Å². The molecule has 2 aromatic rings. The van der Waals surface area contributed by atoms with Crippen LogP contribution in [-0.2, 0) is 12.0 Å². The van der Waals surface area contributed by atoms with Gasteiger partial charge in [0.05, 0.1) is 11.5 Å². The number of hydrogen-bond donors (Lipinski definition) is 1. The molecule has 0 unspecified atom stereocenters. The van der Waals surface area contributed by atoms with E-state index < -0.39 is 10.3 Å². The highest BCUT2D eigenvalue weighted by Crippen LogP contribution is 2.35. The number of nitrogens with zero attached hydrogens (tertiary/aromatic N) is 3. The van der Waals surface area contributed by atoms with Crippen LogP contribution in [0.2, 0.25) is 0 Å². The predicted octanol–water partition coefficient (Wildman–Crippen LogP) is 3.03. The fourth-order valence-corrected chi connectivity index (χ4v) is 2.22. The molecule has 0 saturated carbocycles. The van der Waals surface area contributed by atoms with Crippen molar-refractivity contribution in [2.45, 2.75) is 39.7 Å². The minimum atomic E-state index is -0.447. The van der Waals surface area contributed by atoms with E-state index in [1.54, 1.807) is 0 Å². The highest BCUT2D eigenvalue weighted by molar-refractivity contribution is 5.58. The second-order valence-electron chi connectivity index (χ2n) is 6.17. The van der Waals surface area contributed by atoms with Crippen LogP contribution in [0.1, 0.15) is 37.6 Å². The molecule has 0 radical (unpaired) electrons. The first-order valence-electron chi connectivity index (χ1n) is 6.77. The van der Waals surface area contributed by atoms with Crippen LogP contribution in [0.4, 0.5) is 11.5 Å². The maximum atomic E-state index is 11.3. The smallest absolute Gasteiger partial charge is 0.334 e. The number of aryl methyl sites for hydroxylation is 1. The highest BCUT2D eigenvalue weighted by atomic mass is 16.6. The van der Waals surface area contributed by atoms with Crippen molar-refractivity contribution >= 4 is 11.5 Å². The van der Waals surface area contributed by atoms with Crippen LogP contribution in [0.15, 0.2) is 24.3 Å². The molecule has 2 rings (SSSR count). The highest BCUT2D eigenvalue weighted by Gasteiger charge is 2.33. The van der Waals surface area contributed by atoms with Crippen LogP contribution in [0.5, 0.6) is 0 Å². The molecule has 0 bridgehead atoms. The number of hydrogen-bond acceptors (Lipinski definition) is 4. The van der Waals surface area contributed by atoms with Gasteiger partial charge in [0.1, 0.15) is 5.69 Å². The van der Waals surface area contributed by atoms with E-state index in [9.17, 15) is 10.1 Å². The molecule has 6 heteroatoms. The Morgan fingerprint density at radius 2 is 1.95 bits per heavy atom. The number of nitro groups is 1. The van der Waals surface area contributed by atoms with Gasteiger partial charge in [-0.2, -0.15) is 5.10 Å². The molecule has 112 valence electrons. The number of aromatic nitrogens is 2. The van der Waals surface area contributed by atoms with Gasteiger partial charge < -0.3 is 5.73 Å². The Morgan fingerprint density at radius 3 is 2.43 bits per heavy atom. The van der Waals surface area contributed by atoms with Crippen molar-refractivity contribution in [2.24, 2.45) is 0 Å². The fourth-order valence-electron chi connectivity index (χ4n) is 2.22. The van der Waals surface area contributed by atoms with E-state index in [4.69, 9.17) is 5.73 Å². The lowest BCUT2D eigenvalue weighted by Gasteiger charge is -2.13. The number of benzene rings is 1. The summed E-state index contributed by atoms with van der Waals surface area (Å²) >= 11 is 0. The third-order valence-corrected chi connectivity index (χ3v) is 3.44. The van der Waals surface area contributed by atoms with Crippen LogP contribution in [-0.4, -0.2) is 14.7 Å². The molecule has 0 saturated heterocycles. The van der Waals surface area contributed by atoms with Crippen molar-refractivity contribution in [1.82, 2.24) is 9.78 Å². The normalized spacial score (nSPS) is 11.6. The zero-order valence-electron chi connectivity index (χ0n) is 12.8. The van der Waals surface area contributed by atoms with Gasteiger partial charge in [-0.3, -0.25) is 10.1 Å². The molecule has 6 nitrogen and oxygen atoms in total. The van der Waals surface area contributed by atoms with Crippen LogP contribution in [0.3, 0.4) is 0 Å². The van der Waals surface area contributed by atoms with E-state index in [0.717, 1.165) is 11.1 Å². The van der Waals surface area contributed by atoms with Crippen molar-refractivity contribution in [3.05, 3.63) is 51.2 Å². The van der Waals surface area contributed by atoms with Crippen LogP contribution in [0.25, 0.3) is 0 Å². The summed E-state index contributed by atoms with van der Waals surface area (Å²) in [7, 11) is 0. The summed E-state index contributed by atoms with van der Waals surface area (Å²) in [5.41, 5.74) is 8.00. The van der Waals surface area contributed by atoms with E-state index in [2.05, 4.69) is 5.10 Å². The van der Waals surface area contributed by atoms with Crippen LogP contribution >= 0.6 is 0 Å². The molecular formula is C15H20N4O2. The second kappa shape index (κ2) is 5.20. The lowest BCUT2D eigenvalue weighted by molar-refractivity contribution is -0.385. The minimum absolute atomic E-state index is 0.0870. The average molecular weight is 288 g/mol. The first kappa shape index (κ1) is 15.0. The van der Waals surface area contributed by atoms with Gasteiger partial charge in [0, 0.05) is 5.41 Å². The number of rotatable bonds is 3.